The van der Waals surface area contributed by atoms with E-state index in [1.54, 1.807) is 6.20 Å². The summed E-state index contributed by atoms with van der Waals surface area (Å²) in [5.74, 6) is 5.57. The Bertz CT molecular complexity index is 494. The lowest BCUT2D eigenvalue weighted by atomic mass is 10.1. The monoisotopic (exact) mass is 316 g/mol. The molecule has 0 bridgehead atoms. The second kappa shape index (κ2) is 5.21. The van der Waals surface area contributed by atoms with Gasteiger partial charge in [0.2, 0.25) is 0 Å². The number of hydrazine groups is 1. The second-order valence-electron chi connectivity index (χ2n) is 3.71. The Labute approximate surface area is 111 Å². The van der Waals surface area contributed by atoms with E-state index >= 15 is 0 Å². The molecule has 1 atom stereocenters. The number of nitrogens with one attached hydrogen (secondary N) is 1. The molecule has 0 amide bonds. The molecule has 0 fully saturated rings. The van der Waals surface area contributed by atoms with Crippen molar-refractivity contribution in [2.75, 3.05) is 0 Å². The molecule has 2 aromatic rings. The highest BCUT2D eigenvalue weighted by atomic mass is 79.9. The Morgan fingerprint density at radius 3 is 2.88 bits per heavy atom. The van der Waals surface area contributed by atoms with Crippen LogP contribution in [-0.4, -0.2) is 19.4 Å². The van der Waals surface area contributed by atoms with Crippen LogP contribution >= 0.6 is 27.5 Å². The number of halogens is 1. The zero-order chi connectivity index (χ0) is 12.4. The third-order valence-electron chi connectivity index (χ3n) is 2.58. The summed E-state index contributed by atoms with van der Waals surface area (Å²) < 4.78 is 6.73. The van der Waals surface area contributed by atoms with E-state index in [0.29, 0.717) is 0 Å². The lowest BCUT2D eigenvalue weighted by Gasteiger charge is -2.13. The molecule has 2 aromatic heterocycles. The molecule has 0 aliphatic carbocycles. The van der Waals surface area contributed by atoms with Crippen molar-refractivity contribution < 1.29 is 0 Å². The van der Waals surface area contributed by atoms with E-state index < -0.39 is 0 Å². The molecule has 92 valence electrons. The number of aromatic nitrogens is 4. The summed E-state index contributed by atoms with van der Waals surface area (Å²) in [7, 11) is 1.92. The molecule has 0 aromatic carbocycles. The second-order valence-corrected chi connectivity index (χ2v) is 5.32. The van der Waals surface area contributed by atoms with Crippen molar-refractivity contribution >= 4 is 27.5 Å². The van der Waals surface area contributed by atoms with Crippen LogP contribution < -0.4 is 11.3 Å². The predicted molar refractivity (Wildman–Crippen MR) is 69.3 cm³/mol. The van der Waals surface area contributed by atoms with Gasteiger partial charge in [0, 0.05) is 13.5 Å². The molecule has 1 unspecified atom stereocenters. The normalized spacial score (nSPS) is 12.9. The summed E-state index contributed by atoms with van der Waals surface area (Å²) in [6.07, 6.45) is 2.46. The number of nitrogens with zero attached hydrogens (tertiary/aromatic N) is 4. The molecule has 3 N–H and O–H groups in total. The number of aryl methyl sites for hydroxylation is 2. The van der Waals surface area contributed by atoms with Crippen molar-refractivity contribution in [3.8, 4) is 0 Å². The van der Waals surface area contributed by atoms with Crippen molar-refractivity contribution in [1.29, 1.82) is 0 Å². The molecule has 0 saturated carbocycles. The van der Waals surface area contributed by atoms with E-state index in [-0.39, 0.29) is 6.04 Å². The predicted octanol–water partition coefficient (Wildman–Crippen LogP) is 1.09. The van der Waals surface area contributed by atoms with E-state index in [2.05, 4.69) is 36.0 Å². The first kappa shape index (κ1) is 12.6. The van der Waals surface area contributed by atoms with Crippen molar-refractivity contribution in [2.24, 2.45) is 12.9 Å². The molecule has 8 heteroatoms. The molecule has 0 spiro atoms. The van der Waals surface area contributed by atoms with Gasteiger partial charge >= 0.3 is 0 Å². The first-order chi connectivity index (χ1) is 8.13. The van der Waals surface area contributed by atoms with Gasteiger partial charge in [-0.15, -0.1) is 5.10 Å². The van der Waals surface area contributed by atoms with E-state index in [0.717, 1.165) is 27.2 Å². The fourth-order valence-electron chi connectivity index (χ4n) is 1.67. The van der Waals surface area contributed by atoms with Crippen LogP contribution in [0.3, 0.4) is 0 Å². The largest absolute Gasteiger partial charge is 0.271 e. The smallest absolute Gasteiger partial charge is 0.0738 e. The van der Waals surface area contributed by atoms with Crippen molar-refractivity contribution in [1.82, 2.24) is 24.8 Å². The third kappa shape index (κ3) is 2.54. The maximum absolute atomic E-state index is 5.57. The summed E-state index contributed by atoms with van der Waals surface area (Å²) in [6, 6.07) is 0.00102. The number of hydrogen-bond acceptors (Lipinski definition) is 6. The quantitative estimate of drug-likeness (QED) is 0.652. The van der Waals surface area contributed by atoms with Crippen LogP contribution in [0.25, 0.3) is 0 Å². The minimum absolute atomic E-state index is 0.00102. The van der Waals surface area contributed by atoms with E-state index in [9.17, 15) is 0 Å². The highest BCUT2D eigenvalue weighted by Crippen LogP contribution is 2.26. The summed E-state index contributed by atoms with van der Waals surface area (Å²) in [6.45, 7) is 1.96. The number of hydrogen-bond donors (Lipinski definition) is 2. The van der Waals surface area contributed by atoms with Gasteiger partial charge in [-0.25, -0.2) is 0 Å². The van der Waals surface area contributed by atoms with E-state index in [4.69, 9.17) is 5.84 Å². The highest BCUT2D eigenvalue weighted by molar-refractivity contribution is 9.10. The molecule has 0 saturated heterocycles. The van der Waals surface area contributed by atoms with Gasteiger partial charge in [0.15, 0.2) is 0 Å². The SMILES string of the molecule is Cc1nn(C)c(CC(NN)c2cnns2)c1Br. The molecule has 2 heterocycles. The molecule has 2 rings (SSSR count). The summed E-state index contributed by atoms with van der Waals surface area (Å²) in [4.78, 5) is 1.01. The van der Waals surface area contributed by atoms with Crippen LogP contribution in [0.2, 0.25) is 0 Å². The lowest BCUT2D eigenvalue weighted by molar-refractivity contribution is 0.535. The molecule has 0 aliphatic rings. The Morgan fingerprint density at radius 2 is 2.41 bits per heavy atom. The van der Waals surface area contributed by atoms with E-state index in [1.807, 2.05) is 18.7 Å². The minimum Gasteiger partial charge on any atom is -0.271 e. The summed E-state index contributed by atoms with van der Waals surface area (Å²) in [5, 5.41) is 8.17. The maximum Gasteiger partial charge on any atom is 0.0738 e. The fourth-order valence-corrected chi connectivity index (χ4v) is 2.72. The first-order valence-electron chi connectivity index (χ1n) is 5.04. The Hall–Kier alpha value is -0.830. The number of nitrogens with two attached hydrogens (primary N) is 1. The zero-order valence-electron chi connectivity index (χ0n) is 9.51. The van der Waals surface area contributed by atoms with Gasteiger partial charge in [0.05, 0.1) is 33.0 Å². The van der Waals surface area contributed by atoms with Gasteiger partial charge < -0.3 is 0 Å². The van der Waals surface area contributed by atoms with E-state index in [1.165, 1.54) is 11.5 Å². The molecule has 17 heavy (non-hydrogen) atoms. The van der Waals surface area contributed by atoms with Crippen molar-refractivity contribution in [2.45, 2.75) is 19.4 Å². The minimum atomic E-state index is 0.00102. The van der Waals surface area contributed by atoms with Crippen LogP contribution in [-0.2, 0) is 13.5 Å². The van der Waals surface area contributed by atoms with Crippen LogP contribution in [0, 0.1) is 6.92 Å². The van der Waals surface area contributed by atoms with Crippen molar-refractivity contribution in [3.63, 3.8) is 0 Å². The lowest BCUT2D eigenvalue weighted by Crippen LogP contribution is -2.29. The highest BCUT2D eigenvalue weighted by Gasteiger charge is 2.18. The number of rotatable bonds is 4. The molecular formula is C9H13BrN6S. The van der Waals surface area contributed by atoms with Gasteiger partial charge in [0.1, 0.15) is 0 Å². The van der Waals surface area contributed by atoms with Gasteiger partial charge in [-0.1, -0.05) is 4.49 Å². The van der Waals surface area contributed by atoms with Crippen LogP contribution in [0.4, 0.5) is 0 Å². The van der Waals surface area contributed by atoms with Gasteiger partial charge in [-0.3, -0.25) is 16.0 Å². The molecule has 6 nitrogen and oxygen atoms in total. The standard InChI is InChI=1S/C9H13BrN6S/c1-5-9(10)7(16(2)14-5)3-6(13-11)8-4-12-15-17-8/h4,6,13H,3,11H2,1-2H3. The maximum atomic E-state index is 5.57. The van der Waals surface area contributed by atoms with Gasteiger partial charge in [0.25, 0.3) is 0 Å². The van der Waals surface area contributed by atoms with Crippen LogP contribution in [0.15, 0.2) is 10.7 Å². The van der Waals surface area contributed by atoms with Gasteiger partial charge in [-0.2, -0.15) is 5.10 Å². The summed E-state index contributed by atoms with van der Waals surface area (Å²) in [5.41, 5.74) is 4.85. The molecule has 0 radical (unpaired) electrons. The first-order valence-corrected chi connectivity index (χ1v) is 6.61. The zero-order valence-corrected chi connectivity index (χ0v) is 11.9. The van der Waals surface area contributed by atoms with Crippen LogP contribution in [0.1, 0.15) is 22.3 Å². The van der Waals surface area contributed by atoms with Gasteiger partial charge in [-0.05, 0) is 34.4 Å². The van der Waals surface area contributed by atoms with Crippen molar-refractivity contribution in [3.05, 3.63) is 26.9 Å². The fraction of sp³-hybridized carbons (Fsp3) is 0.444. The average molecular weight is 317 g/mol. The Kier molecular flexibility index (Phi) is 3.87. The Balaban J connectivity index is 2.24. The Morgan fingerprint density at radius 1 is 1.65 bits per heavy atom. The molecule has 0 aliphatic heterocycles. The third-order valence-corrected chi connectivity index (χ3v) is 4.39. The summed E-state index contributed by atoms with van der Waals surface area (Å²) >= 11 is 4.89. The topological polar surface area (TPSA) is 81.7 Å². The molecular weight excluding hydrogens is 304 g/mol. The van der Waals surface area contributed by atoms with Crippen LogP contribution in [0.5, 0.6) is 0 Å². The average Bonchev–Trinajstić information content (AvgIpc) is 2.89.